The highest BCUT2D eigenvalue weighted by molar-refractivity contribution is 5.66. The van der Waals surface area contributed by atoms with E-state index >= 15 is 0 Å². The van der Waals surface area contributed by atoms with Gasteiger partial charge in [0.15, 0.2) is 0 Å². The van der Waals surface area contributed by atoms with Crippen molar-refractivity contribution < 1.29 is 23.8 Å². The molecule has 1 aliphatic heterocycles. The van der Waals surface area contributed by atoms with Crippen molar-refractivity contribution in [1.82, 2.24) is 10.6 Å². The molecule has 2 atom stereocenters. The maximum Gasteiger partial charge on any atom is 0.405 e. The third kappa shape index (κ3) is 2.75. The number of alkyl halides is 2. The van der Waals surface area contributed by atoms with Crippen molar-refractivity contribution in [3.63, 3.8) is 0 Å². The summed E-state index contributed by atoms with van der Waals surface area (Å²) in [5.41, 5.74) is -1.47. The summed E-state index contributed by atoms with van der Waals surface area (Å²) >= 11 is 0. The number of amides is 1. The summed E-state index contributed by atoms with van der Waals surface area (Å²) in [4.78, 5) is 10.5. The molecular formula is C8H14F2N2O3. The highest BCUT2D eigenvalue weighted by Crippen LogP contribution is 2.24. The first-order valence-corrected chi connectivity index (χ1v) is 4.66. The number of rotatable bonds is 3. The fourth-order valence-corrected chi connectivity index (χ4v) is 1.82. The smallest absolute Gasteiger partial charge is 0.405 e. The van der Waals surface area contributed by atoms with E-state index in [2.05, 4.69) is 5.32 Å². The van der Waals surface area contributed by atoms with Crippen LogP contribution in [0.1, 0.15) is 12.8 Å². The van der Waals surface area contributed by atoms with Crippen LogP contribution in [0.25, 0.3) is 0 Å². The lowest BCUT2D eigenvalue weighted by molar-refractivity contribution is -0.0654. The predicted molar refractivity (Wildman–Crippen MR) is 48.0 cm³/mol. The van der Waals surface area contributed by atoms with E-state index in [4.69, 9.17) is 5.11 Å². The molecule has 0 aromatic carbocycles. The quantitative estimate of drug-likeness (QED) is 0.544. The van der Waals surface area contributed by atoms with E-state index < -0.39 is 24.2 Å². The maximum absolute atomic E-state index is 12.4. The third-order valence-corrected chi connectivity index (χ3v) is 2.58. The number of piperidine rings is 1. The topological polar surface area (TPSA) is 81.6 Å². The van der Waals surface area contributed by atoms with E-state index in [1.165, 1.54) is 0 Å². The van der Waals surface area contributed by atoms with Crippen LogP contribution >= 0.6 is 0 Å². The van der Waals surface area contributed by atoms with Crippen LogP contribution in [-0.2, 0) is 0 Å². The number of aliphatic hydroxyl groups is 1. The van der Waals surface area contributed by atoms with Crippen molar-refractivity contribution in [2.75, 3.05) is 13.1 Å². The molecule has 0 spiro atoms. The van der Waals surface area contributed by atoms with Gasteiger partial charge in [0.2, 0.25) is 0 Å². The molecule has 0 bridgehead atoms. The lowest BCUT2D eigenvalue weighted by atomic mass is 9.84. The Kier molecular flexibility index (Phi) is 3.81. The Bertz CT molecular complexity index is 232. The molecule has 88 valence electrons. The molecule has 0 aromatic heterocycles. The van der Waals surface area contributed by atoms with Crippen molar-refractivity contribution in [2.45, 2.75) is 30.9 Å². The zero-order chi connectivity index (χ0) is 11.5. The summed E-state index contributed by atoms with van der Waals surface area (Å²) in [5.74, 6) is 0. The lowest BCUT2D eigenvalue weighted by Gasteiger charge is -2.40. The molecule has 7 heteroatoms. The van der Waals surface area contributed by atoms with Crippen LogP contribution in [0, 0.1) is 0 Å². The van der Waals surface area contributed by atoms with Crippen LogP contribution in [0.3, 0.4) is 0 Å². The van der Waals surface area contributed by atoms with E-state index in [1.807, 2.05) is 5.32 Å². The Balaban J connectivity index is 2.78. The summed E-state index contributed by atoms with van der Waals surface area (Å²) in [5, 5.41) is 22.7. The molecule has 2 unspecified atom stereocenters. The Hall–Kier alpha value is -0.950. The SMILES string of the molecule is O=C(O)NC1(C(O)C(F)F)CCCNC1. The van der Waals surface area contributed by atoms with E-state index in [0.717, 1.165) is 0 Å². The molecule has 5 nitrogen and oxygen atoms in total. The van der Waals surface area contributed by atoms with Crippen molar-refractivity contribution >= 4 is 6.09 Å². The van der Waals surface area contributed by atoms with Gasteiger partial charge in [-0.3, -0.25) is 0 Å². The predicted octanol–water partition coefficient (Wildman–Crippen LogP) is 0.00220. The van der Waals surface area contributed by atoms with Gasteiger partial charge in [-0.05, 0) is 19.4 Å². The zero-order valence-corrected chi connectivity index (χ0v) is 8.04. The minimum atomic E-state index is -2.96. The third-order valence-electron chi connectivity index (χ3n) is 2.58. The molecule has 4 N–H and O–H groups in total. The zero-order valence-electron chi connectivity index (χ0n) is 8.04. The summed E-state index contributed by atoms with van der Waals surface area (Å²) in [6.45, 7) is 0.657. The van der Waals surface area contributed by atoms with Crippen molar-refractivity contribution in [2.24, 2.45) is 0 Å². The van der Waals surface area contributed by atoms with Gasteiger partial charge in [0.05, 0.1) is 5.54 Å². The molecule has 1 fully saturated rings. The summed E-state index contributed by atoms with van der Waals surface area (Å²) < 4.78 is 24.8. The summed E-state index contributed by atoms with van der Waals surface area (Å²) in [7, 11) is 0. The second-order valence-electron chi connectivity index (χ2n) is 3.65. The van der Waals surface area contributed by atoms with Gasteiger partial charge in [-0.25, -0.2) is 13.6 Å². The van der Waals surface area contributed by atoms with Gasteiger partial charge in [-0.1, -0.05) is 0 Å². The molecular weight excluding hydrogens is 210 g/mol. The number of hydrogen-bond donors (Lipinski definition) is 4. The highest BCUT2D eigenvalue weighted by Gasteiger charge is 2.45. The number of nitrogens with one attached hydrogen (secondary N) is 2. The molecule has 1 heterocycles. The molecule has 0 aromatic rings. The fourth-order valence-electron chi connectivity index (χ4n) is 1.82. The number of hydrogen-bond acceptors (Lipinski definition) is 3. The molecule has 1 aliphatic rings. The van der Waals surface area contributed by atoms with Gasteiger partial charge >= 0.3 is 6.09 Å². The molecule has 15 heavy (non-hydrogen) atoms. The second kappa shape index (κ2) is 4.71. The Morgan fingerprint density at radius 2 is 2.20 bits per heavy atom. The van der Waals surface area contributed by atoms with Crippen LogP contribution in [0.5, 0.6) is 0 Å². The number of aliphatic hydroxyl groups excluding tert-OH is 1. The molecule has 0 aliphatic carbocycles. The van der Waals surface area contributed by atoms with Crippen LogP contribution in [0.15, 0.2) is 0 Å². The Labute approximate surface area is 85.5 Å². The second-order valence-corrected chi connectivity index (χ2v) is 3.65. The summed E-state index contributed by atoms with van der Waals surface area (Å²) in [6.07, 6.45) is -5.60. The van der Waals surface area contributed by atoms with Crippen LogP contribution < -0.4 is 10.6 Å². The number of carboxylic acid groups (broad SMARTS) is 1. The standard InChI is InChI=1S/C8H14F2N2O3/c9-6(10)5(13)8(12-7(14)15)2-1-3-11-4-8/h5-6,11-13H,1-4H2,(H,14,15). The van der Waals surface area contributed by atoms with Gasteiger partial charge in [-0.2, -0.15) is 0 Å². The minimum Gasteiger partial charge on any atom is -0.465 e. The van der Waals surface area contributed by atoms with Gasteiger partial charge in [0, 0.05) is 6.54 Å². The Morgan fingerprint density at radius 1 is 1.53 bits per heavy atom. The minimum absolute atomic E-state index is 0.0187. The number of carbonyl (C=O) groups is 1. The van der Waals surface area contributed by atoms with Crippen molar-refractivity contribution in [3.8, 4) is 0 Å². The van der Waals surface area contributed by atoms with Crippen LogP contribution in [-0.4, -0.2) is 47.5 Å². The average molecular weight is 224 g/mol. The maximum atomic E-state index is 12.4. The van der Waals surface area contributed by atoms with E-state index in [0.29, 0.717) is 13.0 Å². The van der Waals surface area contributed by atoms with Crippen molar-refractivity contribution in [3.05, 3.63) is 0 Å². The molecule has 1 rings (SSSR count). The van der Waals surface area contributed by atoms with Crippen molar-refractivity contribution in [1.29, 1.82) is 0 Å². The van der Waals surface area contributed by atoms with Gasteiger partial charge in [0.25, 0.3) is 6.43 Å². The van der Waals surface area contributed by atoms with Crippen LogP contribution in [0.2, 0.25) is 0 Å². The van der Waals surface area contributed by atoms with Gasteiger partial charge in [0.1, 0.15) is 6.10 Å². The first-order valence-electron chi connectivity index (χ1n) is 4.66. The monoisotopic (exact) mass is 224 g/mol. The Morgan fingerprint density at radius 3 is 2.60 bits per heavy atom. The molecule has 1 amide bonds. The molecule has 1 saturated heterocycles. The summed E-state index contributed by atoms with van der Waals surface area (Å²) in [6, 6.07) is 0. The first-order chi connectivity index (χ1) is 6.98. The molecule has 0 radical (unpaired) electrons. The van der Waals surface area contributed by atoms with E-state index in [-0.39, 0.29) is 13.0 Å². The molecule has 0 saturated carbocycles. The normalized spacial score (nSPS) is 28.8. The highest BCUT2D eigenvalue weighted by atomic mass is 19.3. The first kappa shape index (κ1) is 12.1. The average Bonchev–Trinajstić information content (AvgIpc) is 2.16. The van der Waals surface area contributed by atoms with Crippen LogP contribution in [0.4, 0.5) is 13.6 Å². The fraction of sp³-hybridized carbons (Fsp3) is 0.875. The van der Waals surface area contributed by atoms with Gasteiger partial charge < -0.3 is 20.8 Å². The van der Waals surface area contributed by atoms with E-state index in [9.17, 15) is 18.7 Å². The largest absolute Gasteiger partial charge is 0.465 e. The van der Waals surface area contributed by atoms with E-state index in [1.54, 1.807) is 0 Å². The van der Waals surface area contributed by atoms with Gasteiger partial charge in [-0.15, -0.1) is 0 Å². The lowest BCUT2D eigenvalue weighted by Crippen LogP contribution is -2.65. The number of halogens is 2.